The largest absolute Gasteiger partial charge is 0.349 e. The van der Waals surface area contributed by atoms with E-state index in [0.717, 1.165) is 48.3 Å². The Labute approximate surface area is 171 Å². The number of tetrazole rings is 1. The van der Waals surface area contributed by atoms with Crippen LogP contribution in [0.15, 0.2) is 42.5 Å². The Morgan fingerprint density at radius 2 is 1.83 bits per heavy atom. The molecule has 0 bridgehead atoms. The molecule has 1 saturated carbocycles. The summed E-state index contributed by atoms with van der Waals surface area (Å²) in [6.45, 7) is 6.24. The number of nitrogens with zero attached hydrogens (tertiary/aromatic N) is 4. The number of amides is 1. The topological polar surface area (TPSA) is 72.7 Å². The van der Waals surface area contributed by atoms with E-state index < -0.39 is 0 Å². The molecule has 1 N–H and O–H groups in total. The van der Waals surface area contributed by atoms with Gasteiger partial charge in [0.15, 0.2) is 5.82 Å². The molecule has 0 atom stereocenters. The van der Waals surface area contributed by atoms with Crippen molar-refractivity contribution in [1.29, 1.82) is 0 Å². The first kappa shape index (κ1) is 19.3. The van der Waals surface area contributed by atoms with Gasteiger partial charge in [-0.2, -0.15) is 4.68 Å². The fourth-order valence-electron chi connectivity index (χ4n) is 3.51. The van der Waals surface area contributed by atoms with Gasteiger partial charge in [0.1, 0.15) is 0 Å². The first-order valence-electron chi connectivity index (χ1n) is 10.4. The molecule has 29 heavy (non-hydrogen) atoms. The van der Waals surface area contributed by atoms with Crippen LogP contribution in [0.5, 0.6) is 0 Å². The zero-order chi connectivity index (χ0) is 20.4. The van der Waals surface area contributed by atoms with E-state index in [2.05, 4.69) is 71.9 Å². The molecular formula is C23H27N5O. The second kappa shape index (κ2) is 8.15. The number of benzene rings is 2. The lowest BCUT2D eigenvalue weighted by molar-refractivity contribution is 0.0935. The molecule has 0 saturated heterocycles. The lowest BCUT2D eigenvalue weighted by Crippen LogP contribution is -2.33. The third kappa shape index (κ3) is 4.21. The summed E-state index contributed by atoms with van der Waals surface area (Å²) in [5, 5.41) is 15.5. The Morgan fingerprint density at radius 3 is 2.48 bits per heavy atom. The van der Waals surface area contributed by atoms with Crippen molar-refractivity contribution in [3.8, 4) is 16.8 Å². The standard InChI is InChI=1S/C23H27N5O/c1-4-20(5-2)24-23(29)19-12-18(16-8-6-15(3)7-9-16)13-21(14-19)28-22(17-10-11-17)25-26-27-28/h6-9,12-14,17,20H,4-5,10-11H2,1-3H3,(H,24,29). The van der Waals surface area contributed by atoms with Gasteiger partial charge in [0.05, 0.1) is 5.69 Å². The summed E-state index contributed by atoms with van der Waals surface area (Å²) in [6.07, 6.45) is 4.04. The highest BCUT2D eigenvalue weighted by atomic mass is 16.1. The molecule has 1 aliphatic carbocycles. The summed E-state index contributed by atoms with van der Waals surface area (Å²) in [5.74, 6) is 1.22. The molecule has 1 heterocycles. The number of nitrogens with one attached hydrogen (secondary N) is 1. The Bertz CT molecular complexity index is 1000. The van der Waals surface area contributed by atoms with Gasteiger partial charge >= 0.3 is 0 Å². The minimum absolute atomic E-state index is 0.0602. The van der Waals surface area contributed by atoms with Gasteiger partial charge < -0.3 is 5.32 Å². The molecule has 1 aromatic heterocycles. The summed E-state index contributed by atoms with van der Waals surface area (Å²) < 4.78 is 1.78. The van der Waals surface area contributed by atoms with Crippen LogP contribution in [0.3, 0.4) is 0 Å². The number of aromatic nitrogens is 4. The lowest BCUT2D eigenvalue weighted by atomic mass is 10.00. The zero-order valence-corrected chi connectivity index (χ0v) is 17.2. The van der Waals surface area contributed by atoms with Gasteiger partial charge in [-0.1, -0.05) is 43.7 Å². The highest BCUT2D eigenvalue weighted by Crippen LogP contribution is 2.39. The molecule has 0 unspecified atom stereocenters. The van der Waals surface area contributed by atoms with Crippen LogP contribution in [0.1, 0.15) is 67.2 Å². The van der Waals surface area contributed by atoms with E-state index >= 15 is 0 Å². The summed E-state index contributed by atoms with van der Waals surface area (Å²) in [4.78, 5) is 13.0. The summed E-state index contributed by atoms with van der Waals surface area (Å²) >= 11 is 0. The number of carbonyl (C=O) groups excluding carboxylic acids is 1. The second-order valence-corrected chi connectivity index (χ2v) is 7.84. The molecule has 4 rings (SSSR count). The van der Waals surface area contributed by atoms with Crippen LogP contribution in [-0.4, -0.2) is 32.2 Å². The normalized spacial score (nSPS) is 13.7. The van der Waals surface area contributed by atoms with Crippen molar-refractivity contribution in [3.63, 3.8) is 0 Å². The van der Waals surface area contributed by atoms with Gasteiger partial charge in [-0.3, -0.25) is 4.79 Å². The van der Waals surface area contributed by atoms with Crippen LogP contribution in [-0.2, 0) is 0 Å². The predicted octanol–water partition coefficient (Wildman–Crippen LogP) is 4.43. The van der Waals surface area contributed by atoms with E-state index in [-0.39, 0.29) is 11.9 Å². The average molecular weight is 390 g/mol. The molecule has 0 radical (unpaired) electrons. The fourth-order valence-corrected chi connectivity index (χ4v) is 3.51. The Hall–Kier alpha value is -3.02. The van der Waals surface area contributed by atoms with Gasteiger partial charge in [0.2, 0.25) is 0 Å². The van der Waals surface area contributed by atoms with Crippen molar-refractivity contribution < 1.29 is 4.79 Å². The van der Waals surface area contributed by atoms with Gasteiger partial charge in [-0.25, -0.2) is 0 Å². The summed E-state index contributed by atoms with van der Waals surface area (Å²) in [5.41, 5.74) is 4.70. The SMILES string of the molecule is CCC(CC)NC(=O)c1cc(-c2ccc(C)cc2)cc(-n2nnnc2C2CC2)c1. The predicted molar refractivity (Wildman–Crippen MR) is 113 cm³/mol. The van der Waals surface area contributed by atoms with Crippen LogP contribution in [0.4, 0.5) is 0 Å². The van der Waals surface area contributed by atoms with Crippen molar-refractivity contribution in [3.05, 3.63) is 59.4 Å². The molecule has 6 nitrogen and oxygen atoms in total. The Balaban J connectivity index is 1.78. The second-order valence-electron chi connectivity index (χ2n) is 7.84. The smallest absolute Gasteiger partial charge is 0.251 e. The molecule has 0 aliphatic heterocycles. The van der Waals surface area contributed by atoms with E-state index in [9.17, 15) is 4.79 Å². The molecule has 3 aromatic rings. The van der Waals surface area contributed by atoms with Gasteiger partial charge in [-0.05, 0) is 72.4 Å². The van der Waals surface area contributed by atoms with E-state index in [4.69, 9.17) is 0 Å². The average Bonchev–Trinajstić information content (AvgIpc) is 3.48. The van der Waals surface area contributed by atoms with Crippen LogP contribution < -0.4 is 5.32 Å². The van der Waals surface area contributed by atoms with Crippen LogP contribution in [0.25, 0.3) is 16.8 Å². The van der Waals surface area contributed by atoms with Crippen molar-refractivity contribution in [1.82, 2.24) is 25.5 Å². The van der Waals surface area contributed by atoms with Crippen LogP contribution in [0.2, 0.25) is 0 Å². The van der Waals surface area contributed by atoms with E-state index in [1.807, 2.05) is 12.1 Å². The maximum absolute atomic E-state index is 13.0. The molecule has 2 aromatic carbocycles. The van der Waals surface area contributed by atoms with Gasteiger partial charge in [-0.15, -0.1) is 5.10 Å². The lowest BCUT2D eigenvalue weighted by Gasteiger charge is -2.16. The third-order valence-corrected chi connectivity index (χ3v) is 5.57. The van der Waals surface area contributed by atoms with Crippen molar-refractivity contribution >= 4 is 5.91 Å². The van der Waals surface area contributed by atoms with Gasteiger partial charge in [0, 0.05) is 17.5 Å². The molecule has 0 spiro atoms. The highest BCUT2D eigenvalue weighted by Gasteiger charge is 2.30. The number of hydrogen-bond acceptors (Lipinski definition) is 4. The molecule has 1 fully saturated rings. The number of aryl methyl sites for hydroxylation is 1. The molecule has 150 valence electrons. The van der Waals surface area contributed by atoms with Gasteiger partial charge in [0.25, 0.3) is 5.91 Å². The first-order chi connectivity index (χ1) is 14.1. The van der Waals surface area contributed by atoms with E-state index in [0.29, 0.717) is 11.5 Å². The van der Waals surface area contributed by atoms with E-state index in [1.165, 1.54) is 5.56 Å². The van der Waals surface area contributed by atoms with Crippen molar-refractivity contribution in [2.75, 3.05) is 0 Å². The number of rotatable bonds is 7. The third-order valence-electron chi connectivity index (χ3n) is 5.57. The van der Waals surface area contributed by atoms with E-state index in [1.54, 1.807) is 4.68 Å². The maximum atomic E-state index is 13.0. The zero-order valence-electron chi connectivity index (χ0n) is 17.2. The molecule has 1 amide bonds. The van der Waals surface area contributed by atoms with Crippen LogP contribution in [0, 0.1) is 6.92 Å². The fraction of sp³-hybridized carbons (Fsp3) is 0.391. The monoisotopic (exact) mass is 389 g/mol. The maximum Gasteiger partial charge on any atom is 0.251 e. The van der Waals surface area contributed by atoms with Crippen LogP contribution >= 0.6 is 0 Å². The number of carbonyl (C=O) groups is 1. The highest BCUT2D eigenvalue weighted by molar-refractivity contribution is 5.96. The minimum Gasteiger partial charge on any atom is -0.349 e. The molecule has 1 aliphatic rings. The molecule has 6 heteroatoms. The quantitative estimate of drug-likeness (QED) is 0.649. The van der Waals surface area contributed by atoms with Crippen molar-refractivity contribution in [2.24, 2.45) is 0 Å². The number of hydrogen-bond donors (Lipinski definition) is 1. The first-order valence-corrected chi connectivity index (χ1v) is 10.4. The minimum atomic E-state index is -0.0602. The summed E-state index contributed by atoms with van der Waals surface area (Å²) in [7, 11) is 0. The molecular weight excluding hydrogens is 362 g/mol. The van der Waals surface area contributed by atoms with Crippen molar-refractivity contribution in [2.45, 2.75) is 58.4 Å². The summed E-state index contributed by atoms with van der Waals surface area (Å²) in [6, 6.07) is 14.4. The Kier molecular flexibility index (Phi) is 5.43. The Morgan fingerprint density at radius 1 is 1.10 bits per heavy atom.